The van der Waals surface area contributed by atoms with E-state index in [0.29, 0.717) is 38.5 Å². The second kappa shape index (κ2) is 8.69. The van der Waals surface area contributed by atoms with Gasteiger partial charge in [0.25, 0.3) is 5.91 Å². The van der Waals surface area contributed by atoms with Crippen LogP contribution in [0.4, 0.5) is 0 Å². The molecule has 1 heterocycles. The number of carbonyl (C=O) groups is 2. The van der Waals surface area contributed by atoms with Gasteiger partial charge in [-0.05, 0) is 92.3 Å². The zero-order valence-electron chi connectivity index (χ0n) is 18.5. The lowest BCUT2D eigenvalue weighted by molar-refractivity contribution is -0.152. The van der Waals surface area contributed by atoms with Crippen LogP contribution in [0.15, 0.2) is 23.1 Å². The molecule has 0 unspecified atom stereocenters. The van der Waals surface area contributed by atoms with Crippen molar-refractivity contribution in [3.63, 3.8) is 0 Å². The van der Waals surface area contributed by atoms with Gasteiger partial charge in [-0.15, -0.1) is 6.42 Å². The summed E-state index contributed by atoms with van der Waals surface area (Å²) in [4.78, 5) is 26.9. The highest BCUT2D eigenvalue weighted by atomic mass is 32.2. The van der Waals surface area contributed by atoms with E-state index in [1.165, 1.54) is 36.0 Å². The third kappa shape index (κ3) is 4.13. The van der Waals surface area contributed by atoms with E-state index >= 15 is 0 Å². The Labute approximate surface area is 203 Å². The number of terminal acetylenes is 1. The van der Waals surface area contributed by atoms with E-state index in [-0.39, 0.29) is 23.8 Å². The van der Waals surface area contributed by atoms with Crippen LogP contribution in [0.25, 0.3) is 6.08 Å². The third-order valence-electron chi connectivity index (χ3n) is 7.32. The van der Waals surface area contributed by atoms with Gasteiger partial charge in [0.15, 0.2) is 15.8 Å². The van der Waals surface area contributed by atoms with Crippen molar-refractivity contribution in [2.75, 3.05) is 13.7 Å². The Bertz CT molecular complexity index is 1060. The lowest BCUT2D eigenvalue weighted by atomic mass is 9.49. The predicted molar refractivity (Wildman–Crippen MR) is 131 cm³/mol. The lowest BCUT2D eigenvalue weighted by Gasteiger charge is -2.55. The second-order valence-electron chi connectivity index (χ2n) is 9.56. The van der Waals surface area contributed by atoms with E-state index in [9.17, 15) is 9.59 Å². The normalized spacial score (nSPS) is 31.1. The van der Waals surface area contributed by atoms with Crippen LogP contribution in [0.3, 0.4) is 0 Å². The molecule has 0 aromatic heterocycles. The minimum atomic E-state index is -0.344. The predicted octanol–water partition coefficient (Wildman–Crippen LogP) is 4.16. The molecule has 5 aliphatic rings. The SMILES string of the molecule is C#CCOc1ccc(/C=C2\SC(=S)N(NC(=O)C34CC5CC(CC(C5)C3)C4)C2=O)cc1OC. The Balaban J connectivity index is 1.31. The molecule has 1 aliphatic heterocycles. The Morgan fingerprint density at radius 2 is 1.94 bits per heavy atom. The highest BCUT2D eigenvalue weighted by molar-refractivity contribution is 8.26. The quantitative estimate of drug-likeness (QED) is 0.373. The Morgan fingerprint density at radius 1 is 1.27 bits per heavy atom. The number of hydrazine groups is 1. The van der Waals surface area contributed by atoms with E-state index < -0.39 is 0 Å². The minimum Gasteiger partial charge on any atom is -0.493 e. The molecule has 4 saturated carbocycles. The molecule has 8 heteroatoms. The van der Waals surface area contributed by atoms with Gasteiger partial charge in [-0.3, -0.25) is 15.0 Å². The minimum absolute atomic E-state index is 0.0455. The molecule has 1 aromatic rings. The number of benzene rings is 1. The highest BCUT2D eigenvalue weighted by Crippen LogP contribution is 2.60. The number of hydrogen-bond acceptors (Lipinski definition) is 6. The number of thiocarbonyl (C=S) groups is 1. The molecule has 4 bridgehead atoms. The molecule has 6 rings (SSSR count). The van der Waals surface area contributed by atoms with Crippen molar-refractivity contribution < 1.29 is 19.1 Å². The summed E-state index contributed by atoms with van der Waals surface area (Å²) in [6, 6.07) is 5.33. The molecule has 33 heavy (non-hydrogen) atoms. The molecule has 0 spiro atoms. The smallest absolute Gasteiger partial charge is 0.285 e. The monoisotopic (exact) mass is 482 g/mol. The molecular formula is C25H26N2O4S2. The largest absolute Gasteiger partial charge is 0.493 e. The number of amides is 2. The molecule has 0 radical (unpaired) electrons. The van der Waals surface area contributed by atoms with Gasteiger partial charge in [0.05, 0.1) is 17.4 Å². The van der Waals surface area contributed by atoms with E-state index in [1.807, 2.05) is 6.07 Å². The molecular weight excluding hydrogens is 456 g/mol. The van der Waals surface area contributed by atoms with Crippen molar-refractivity contribution in [2.45, 2.75) is 38.5 Å². The van der Waals surface area contributed by atoms with Gasteiger partial charge in [-0.2, -0.15) is 5.01 Å². The van der Waals surface area contributed by atoms with Crippen LogP contribution < -0.4 is 14.9 Å². The second-order valence-corrected chi connectivity index (χ2v) is 11.2. The molecule has 2 amide bonds. The molecule has 5 fully saturated rings. The summed E-state index contributed by atoms with van der Waals surface area (Å²) in [7, 11) is 1.54. The van der Waals surface area contributed by atoms with Gasteiger partial charge < -0.3 is 9.47 Å². The number of nitrogens with zero attached hydrogens (tertiary/aromatic N) is 1. The van der Waals surface area contributed by atoms with E-state index in [0.717, 1.165) is 24.8 Å². The summed E-state index contributed by atoms with van der Waals surface area (Å²) >= 11 is 6.62. The summed E-state index contributed by atoms with van der Waals surface area (Å²) in [5.74, 6) is 5.06. The van der Waals surface area contributed by atoms with Gasteiger partial charge in [-0.1, -0.05) is 23.7 Å². The number of nitrogens with one attached hydrogen (secondary N) is 1. The lowest BCUT2D eigenvalue weighted by Crippen LogP contribution is -2.57. The molecule has 1 N–H and O–H groups in total. The Morgan fingerprint density at radius 3 is 2.55 bits per heavy atom. The van der Waals surface area contributed by atoms with Gasteiger partial charge in [0.1, 0.15) is 6.61 Å². The summed E-state index contributed by atoms with van der Waals surface area (Å²) in [5.41, 5.74) is 3.30. The van der Waals surface area contributed by atoms with Crippen molar-refractivity contribution in [1.29, 1.82) is 0 Å². The summed E-state index contributed by atoms with van der Waals surface area (Å²) < 4.78 is 11.2. The van der Waals surface area contributed by atoms with Gasteiger partial charge in [0.2, 0.25) is 5.91 Å². The first-order valence-corrected chi connectivity index (χ1v) is 12.5. The first-order valence-electron chi connectivity index (χ1n) is 11.2. The molecule has 1 saturated heterocycles. The van der Waals surface area contributed by atoms with E-state index in [2.05, 4.69) is 11.3 Å². The number of thioether (sulfide) groups is 1. The van der Waals surface area contributed by atoms with Crippen molar-refractivity contribution in [2.24, 2.45) is 23.2 Å². The topological polar surface area (TPSA) is 67.9 Å². The molecule has 4 aliphatic carbocycles. The number of carbonyl (C=O) groups excluding carboxylic acids is 2. The van der Waals surface area contributed by atoms with Crippen LogP contribution in [0.1, 0.15) is 44.1 Å². The average Bonchev–Trinajstić information content (AvgIpc) is 3.04. The summed E-state index contributed by atoms with van der Waals surface area (Å²) in [6.07, 6.45) is 13.6. The van der Waals surface area contributed by atoms with Crippen LogP contribution in [0.5, 0.6) is 11.5 Å². The first kappa shape index (κ1) is 22.3. The van der Waals surface area contributed by atoms with Crippen LogP contribution in [-0.4, -0.2) is 34.9 Å². The fourth-order valence-electron chi connectivity index (χ4n) is 6.34. The molecule has 172 valence electrons. The number of rotatable bonds is 6. The molecule has 0 atom stereocenters. The van der Waals surface area contributed by atoms with Crippen molar-refractivity contribution in [1.82, 2.24) is 10.4 Å². The first-order chi connectivity index (χ1) is 15.9. The van der Waals surface area contributed by atoms with Gasteiger partial charge in [-0.25, -0.2) is 0 Å². The third-order valence-corrected chi connectivity index (χ3v) is 8.63. The highest BCUT2D eigenvalue weighted by Gasteiger charge is 2.55. The van der Waals surface area contributed by atoms with Crippen LogP contribution in [0.2, 0.25) is 0 Å². The van der Waals surface area contributed by atoms with Crippen molar-refractivity contribution in [3.8, 4) is 23.8 Å². The van der Waals surface area contributed by atoms with E-state index in [4.69, 9.17) is 28.1 Å². The maximum Gasteiger partial charge on any atom is 0.285 e. The van der Waals surface area contributed by atoms with Crippen LogP contribution >= 0.6 is 24.0 Å². The number of methoxy groups -OCH3 is 1. The molecule has 6 nitrogen and oxygen atoms in total. The Kier molecular flexibility index (Phi) is 5.87. The fraction of sp³-hybridized carbons (Fsp3) is 0.480. The maximum atomic E-state index is 13.4. The standard InChI is InChI=1S/C25H26N2O4S2/c1-3-6-31-19-5-4-15(10-20(19)30-2)11-21-22(28)27(24(32)33-21)26-23(29)25-12-16-7-17(13-25)9-18(8-16)14-25/h1,4-5,10-11,16-18H,6-9,12-14H2,2H3,(H,26,29)/b21-11-. The van der Waals surface area contributed by atoms with Crippen molar-refractivity contribution >= 4 is 46.2 Å². The van der Waals surface area contributed by atoms with E-state index in [1.54, 1.807) is 25.3 Å². The maximum absolute atomic E-state index is 13.4. The fourth-order valence-corrected chi connectivity index (χ4v) is 7.52. The number of ether oxygens (including phenoxy) is 2. The van der Waals surface area contributed by atoms with Crippen molar-refractivity contribution in [3.05, 3.63) is 28.7 Å². The molecule has 1 aromatic carbocycles. The van der Waals surface area contributed by atoms with Crippen LogP contribution in [-0.2, 0) is 9.59 Å². The zero-order valence-corrected chi connectivity index (χ0v) is 20.1. The average molecular weight is 483 g/mol. The summed E-state index contributed by atoms with van der Waals surface area (Å²) in [5, 5.41) is 1.24. The zero-order chi connectivity index (χ0) is 23.2. The van der Waals surface area contributed by atoms with Crippen LogP contribution in [0, 0.1) is 35.5 Å². The summed E-state index contributed by atoms with van der Waals surface area (Å²) in [6.45, 7) is 0.137. The van der Waals surface area contributed by atoms with Gasteiger partial charge >= 0.3 is 0 Å². The van der Waals surface area contributed by atoms with Gasteiger partial charge in [0, 0.05) is 0 Å². The number of hydrogen-bond donors (Lipinski definition) is 1. The Hall–Kier alpha value is -2.50.